The summed E-state index contributed by atoms with van der Waals surface area (Å²) in [6, 6.07) is 6.09. The van der Waals surface area contributed by atoms with Crippen molar-refractivity contribution >= 4 is 31.9 Å². The Labute approximate surface area is 121 Å². The molecule has 0 N–H and O–H groups in total. The second kappa shape index (κ2) is 5.75. The van der Waals surface area contributed by atoms with Gasteiger partial charge in [0.25, 0.3) is 0 Å². The van der Waals surface area contributed by atoms with Crippen molar-refractivity contribution in [1.29, 1.82) is 0 Å². The molecule has 18 heavy (non-hydrogen) atoms. The van der Waals surface area contributed by atoms with Gasteiger partial charge in [0.1, 0.15) is 10.4 Å². The molecular formula is C12H9Br2FN2O. The van der Waals surface area contributed by atoms with E-state index in [0.717, 1.165) is 4.47 Å². The van der Waals surface area contributed by atoms with Crippen molar-refractivity contribution in [3.63, 3.8) is 0 Å². The summed E-state index contributed by atoms with van der Waals surface area (Å²) < 4.78 is 20.3. The van der Waals surface area contributed by atoms with Crippen LogP contribution >= 0.6 is 31.9 Å². The lowest BCUT2D eigenvalue weighted by atomic mass is 10.3. The van der Waals surface area contributed by atoms with Crippen LogP contribution < -0.4 is 4.74 Å². The van der Waals surface area contributed by atoms with Crippen molar-refractivity contribution in [2.45, 2.75) is 13.3 Å². The second-order valence-corrected chi connectivity index (χ2v) is 5.20. The zero-order chi connectivity index (χ0) is 13.1. The highest BCUT2D eigenvalue weighted by Crippen LogP contribution is 2.27. The molecule has 0 saturated carbocycles. The normalized spacial score (nSPS) is 10.4. The maximum Gasteiger partial charge on any atom is 0.223 e. The molecule has 6 heteroatoms. The fourth-order valence-electron chi connectivity index (χ4n) is 1.32. The zero-order valence-electron chi connectivity index (χ0n) is 9.45. The Morgan fingerprint density at radius 2 is 2.00 bits per heavy atom. The molecule has 94 valence electrons. The first-order valence-corrected chi connectivity index (χ1v) is 6.83. The molecule has 0 unspecified atom stereocenters. The average molecular weight is 376 g/mol. The summed E-state index contributed by atoms with van der Waals surface area (Å²) >= 11 is 6.53. The summed E-state index contributed by atoms with van der Waals surface area (Å²) in [7, 11) is 0. The molecule has 2 rings (SSSR count). The van der Waals surface area contributed by atoms with E-state index < -0.39 is 5.82 Å². The molecule has 0 bridgehead atoms. The van der Waals surface area contributed by atoms with Crippen LogP contribution in [0.15, 0.2) is 33.3 Å². The predicted octanol–water partition coefficient (Wildman–Crippen LogP) is 4.50. The van der Waals surface area contributed by atoms with Crippen LogP contribution in [-0.4, -0.2) is 9.97 Å². The monoisotopic (exact) mass is 374 g/mol. The van der Waals surface area contributed by atoms with Gasteiger partial charge < -0.3 is 4.74 Å². The van der Waals surface area contributed by atoms with Crippen LogP contribution in [0.5, 0.6) is 11.6 Å². The Morgan fingerprint density at radius 3 is 2.72 bits per heavy atom. The van der Waals surface area contributed by atoms with Gasteiger partial charge in [0.05, 0.1) is 0 Å². The predicted molar refractivity (Wildman–Crippen MR) is 73.3 cm³/mol. The van der Waals surface area contributed by atoms with E-state index >= 15 is 0 Å². The van der Waals surface area contributed by atoms with Crippen molar-refractivity contribution in [1.82, 2.24) is 9.97 Å². The lowest BCUT2D eigenvalue weighted by molar-refractivity contribution is 0.423. The van der Waals surface area contributed by atoms with Crippen molar-refractivity contribution in [2.75, 3.05) is 0 Å². The first kappa shape index (κ1) is 13.4. The number of nitrogens with zero attached hydrogens (tertiary/aromatic N) is 2. The van der Waals surface area contributed by atoms with Gasteiger partial charge in [-0.2, -0.15) is 4.98 Å². The van der Waals surface area contributed by atoms with Crippen LogP contribution in [0.2, 0.25) is 0 Å². The molecule has 0 spiro atoms. The van der Waals surface area contributed by atoms with Gasteiger partial charge in [0.2, 0.25) is 5.88 Å². The largest absolute Gasteiger partial charge is 0.436 e. The maximum atomic E-state index is 13.5. The molecule has 0 aliphatic heterocycles. The highest BCUT2D eigenvalue weighted by molar-refractivity contribution is 9.10. The first-order valence-electron chi connectivity index (χ1n) is 5.25. The van der Waals surface area contributed by atoms with Crippen LogP contribution in [0.4, 0.5) is 4.39 Å². The van der Waals surface area contributed by atoms with E-state index in [1.165, 1.54) is 6.07 Å². The van der Waals surface area contributed by atoms with Crippen molar-refractivity contribution in [3.8, 4) is 11.6 Å². The number of ether oxygens (including phenoxy) is 1. The third kappa shape index (κ3) is 3.26. The Hall–Kier alpha value is -1.01. The second-order valence-electron chi connectivity index (χ2n) is 3.48. The summed E-state index contributed by atoms with van der Waals surface area (Å²) in [5.74, 6) is 0.628. The van der Waals surface area contributed by atoms with Crippen molar-refractivity contribution in [2.24, 2.45) is 0 Å². The standard InChI is InChI=1S/C12H9Br2FN2O/c1-2-11-16-10(14)6-12(17-11)18-9-5-7(13)3-4-8(9)15/h3-6H,2H2,1H3. The van der Waals surface area contributed by atoms with Gasteiger partial charge in [-0.3, -0.25) is 0 Å². The minimum Gasteiger partial charge on any atom is -0.436 e. The van der Waals surface area contributed by atoms with Gasteiger partial charge in [-0.25, -0.2) is 9.37 Å². The van der Waals surface area contributed by atoms with E-state index in [9.17, 15) is 4.39 Å². The van der Waals surface area contributed by atoms with Crippen molar-refractivity contribution in [3.05, 3.63) is 45.0 Å². The number of rotatable bonds is 3. The van der Waals surface area contributed by atoms with Crippen LogP contribution in [-0.2, 0) is 6.42 Å². The molecule has 0 saturated heterocycles. The van der Waals surface area contributed by atoms with E-state index in [-0.39, 0.29) is 5.75 Å². The molecule has 0 radical (unpaired) electrons. The number of benzene rings is 1. The summed E-state index contributed by atoms with van der Waals surface area (Å²) in [4.78, 5) is 8.33. The number of aryl methyl sites for hydroxylation is 1. The third-order valence-electron chi connectivity index (χ3n) is 2.14. The third-order valence-corrected chi connectivity index (χ3v) is 3.04. The Bertz CT molecular complexity index is 578. The molecule has 0 aliphatic rings. The smallest absolute Gasteiger partial charge is 0.223 e. The number of hydrogen-bond acceptors (Lipinski definition) is 3. The van der Waals surface area contributed by atoms with E-state index in [1.807, 2.05) is 6.92 Å². The molecule has 1 heterocycles. The van der Waals surface area contributed by atoms with Gasteiger partial charge in [0.15, 0.2) is 11.6 Å². The molecule has 1 aromatic carbocycles. The summed E-state index contributed by atoms with van der Waals surface area (Å²) in [5, 5.41) is 0. The Kier molecular flexibility index (Phi) is 4.29. The summed E-state index contributed by atoms with van der Waals surface area (Å²) in [6.07, 6.45) is 0.677. The van der Waals surface area contributed by atoms with E-state index in [2.05, 4.69) is 41.8 Å². The molecule has 2 aromatic rings. The first-order chi connectivity index (χ1) is 8.58. The molecule has 0 amide bonds. The lowest BCUT2D eigenvalue weighted by Gasteiger charge is -2.07. The minimum atomic E-state index is -0.439. The average Bonchev–Trinajstić information content (AvgIpc) is 2.33. The lowest BCUT2D eigenvalue weighted by Crippen LogP contribution is -1.97. The topological polar surface area (TPSA) is 35.0 Å². The molecule has 1 aromatic heterocycles. The van der Waals surface area contributed by atoms with E-state index in [4.69, 9.17) is 4.74 Å². The number of halogens is 3. The van der Waals surface area contributed by atoms with Gasteiger partial charge >= 0.3 is 0 Å². The molecule has 0 aliphatic carbocycles. The zero-order valence-corrected chi connectivity index (χ0v) is 12.6. The molecule has 0 atom stereocenters. The fourth-order valence-corrected chi connectivity index (χ4v) is 2.06. The fraction of sp³-hybridized carbons (Fsp3) is 0.167. The number of hydrogen-bond donors (Lipinski definition) is 0. The van der Waals surface area contributed by atoms with Gasteiger partial charge in [-0.1, -0.05) is 22.9 Å². The SMILES string of the molecule is CCc1nc(Br)cc(Oc2cc(Br)ccc2F)n1. The summed E-state index contributed by atoms with van der Waals surface area (Å²) in [5.41, 5.74) is 0. The van der Waals surface area contributed by atoms with Crippen LogP contribution in [0.25, 0.3) is 0 Å². The summed E-state index contributed by atoms with van der Waals surface area (Å²) in [6.45, 7) is 1.94. The molecule has 3 nitrogen and oxygen atoms in total. The Balaban J connectivity index is 2.33. The van der Waals surface area contributed by atoms with Crippen LogP contribution in [0.3, 0.4) is 0 Å². The van der Waals surface area contributed by atoms with Gasteiger partial charge in [-0.05, 0) is 34.1 Å². The molecule has 0 fully saturated rings. The van der Waals surface area contributed by atoms with E-state index in [1.54, 1.807) is 18.2 Å². The Morgan fingerprint density at radius 1 is 1.22 bits per heavy atom. The van der Waals surface area contributed by atoms with E-state index in [0.29, 0.717) is 22.7 Å². The van der Waals surface area contributed by atoms with Crippen LogP contribution in [0.1, 0.15) is 12.7 Å². The quantitative estimate of drug-likeness (QED) is 0.741. The molecular weight excluding hydrogens is 367 g/mol. The van der Waals surface area contributed by atoms with Crippen LogP contribution in [0, 0.1) is 5.82 Å². The van der Waals surface area contributed by atoms with Gasteiger partial charge in [0, 0.05) is 17.0 Å². The minimum absolute atomic E-state index is 0.122. The maximum absolute atomic E-state index is 13.5. The van der Waals surface area contributed by atoms with Crippen molar-refractivity contribution < 1.29 is 9.13 Å². The highest BCUT2D eigenvalue weighted by Gasteiger charge is 2.08. The number of aromatic nitrogens is 2. The van der Waals surface area contributed by atoms with Gasteiger partial charge in [-0.15, -0.1) is 0 Å². The highest BCUT2D eigenvalue weighted by atomic mass is 79.9.